The maximum atomic E-state index is 13.2. The first-order valence-corrected chi connectivity index (χ1v) is 9.69. The Kier molecular flexibility index (Phi) is 6.89. The predicted molar refractivity (Wildman–Crippen MR) is 104 cm³/mol. The summed E-state index contributed by atoms with van der Waals surface area (Å²) in [5.74, 6) is -2.06. The molecule has 1 saturated heterocycles. The molecule has 0 saturated carbocycles. The molecule has 1 aromatic rings. The van der Waals surface area contributed by atoms with Gasteiger partial charge in [-0.3, -0.25) is 4.79 Å². The number of carboxylic acids is 1. The third kappa shape index (κ3) is 5.47. The highest BCUT2D eigenvalue weighted by Crippen LogP contribution is 2.36. The van der Waals surface area contributed by atoms with Crippen LogP contribution in [0.5, 0.6) is 0 Å². The first kappa shape index (κ1) is 22.7. The maximum absolute atomic E-state index is 13.2. The predicted octanol–water partition coefficient (Wildman–Crippen LogP) is 0.571. The Hall–Kier alpha value is -2.61. The molecule has 1 aromatic carbocycles. The Morgan fingerprint density at radius 3 is 2.17 bits per heavy atom. The van der Waals surface area contributed by atoms with E-state index in [1.54, 1.807) is 49.9 Å². The van der Waals surface area contributed by atoms with Crippen molar-refractivity contribution >= 4 is 18.0 Å². The molecule has 29 heavy (non-hydrogen) atoms. The number of aliphatic hydroxyl groups is 1. The van der Waals surface area contributed by atoms with E-state index in [-0.39, 0.29) is 13.1 Å². The van der Waals surface area contributed by atoms with Crippen molar-refractivity contribution in [2.75, 3.05) is 13.1 Å². The number of aliphatic hydroxyl groups excluding tert-OH is 1. The van der Waals surface area contributed by atoms with E-state index in [1.807, 2.05) is 6.07 Å². The number of hydrogen-bond acceptors (Lipinski definition) is 6. The number of hydrogen-bond donors (Lipinski definition) is 2. The monoisotopic (exact) mass is 405 g/mol. The van der Waals surface area contributed by atoms with Crippen LogP contribution in [0.4, 0.5) is 4.79 Å². The largest absolute Gasteiger partial charge is 0.548 e. The van der Waals surface area contributed by atoms with E-state index in [9.17, 15) is 24.6 Å². The first-order valence-electron chi connectivity index (χ1n) is 9.69. The van der Waals surface area contributed by atoms with E-state index in [4.69, 9.17) is 4.74 Å². The number of piperidine rings is 1. The molecular weight excluding hydrogens is 376 g/mol. The van der Waals surface area contributed by atoms with Gasteiger partial charge < -0.3 is 30.0 Å². The van der Waals surface area contributed by atoms with Gasteiger partial charge in [0.15, 0.2) is 0 Å². The standard InChI is InChI=1S/C21H30N2O6/c1-14(24)16(17(25)26)22-18(27)21(15-8-6-5-7-9-15)10-12-23(13-11-21)19(28)29-20(2,3)4/h5-9,14,16,24H,10-13H2,1-4H3,(H,22,27)(H,25,26)/p-1/t14-,16-/m0/s1. The van der Waals surface area contributed by atoms with Crippen LogP contribution in [-0.4, -0.2) is 58.8 Å². The molecule has 2 rings (SSSR count). The van der Waals surface area contributed by atoms with Gasteiger partial charge in [0, 0.05) is 13.1 Å². The summed E-state index contributed by atoms with van der Waals surface area (Å²) in [7, 11) is 0. The van der Waals surface area contributed by atoms with Crippen molar-refractivity contribution in [3.05, 3.63) is 35.9 Å². The lowest BCUT2D eigenvalue weighted by Crippen LogP contribution is -2.60. The molecule has 160 valence electrons. The quantitative estimate of drug-likeness (QED) is 0.739. The number of carboxylic acid groups (broad SMARTS) is 1. The number of benzene rings is 1. The number of nitrogens with zero attached hydrogens (tertiary/aromatic N) is 1. The highest BCUT2D eigenvalue weighted by molar-refractivity contribution is 5.91. The smallest absolute Gasteiger partial charge is 0.410 e. The van der Waals surface area contributed by atoms with Gasteiger partial charge in [-0.1, -0.05) is 30.3 Å². The van der Waals surface area contributed by atoms with Crippen LogP contribution in [0.1, 0.15) is 46.1 Å². The highest BCUT2D eigenvalue weighted by Gasteiger charge is 2.45. The Morgan fingerprint density at radius 1 is 1.17 bits per heavy atom. The molecule has 0 spiro atoms. The van der Waals surface area contributed by atoms with Gasteiger partial charge in [-0.25, -0.2) is 4.79 Å². The molecule has 8 heteroatoms. The number of carbonyl (C=O) groups is 3. The second-order valence-electron chi connectivity index (χ2n) is 8.43. The summed E-state index contributed by atoms with van der Waals surface area (Å²) in [6.07, 6.45) is -1.17. The Morgan fingerprint density at radius 2 is 1.72 bits per heavy atom. The van der Waals surface area contributed by atoms with Crippen LogP contribution in [0, 0.1) is 0 Å². The van der Waals surface area contributed by atoms with Crippen molar-refractivity contribution < 1.29 is 29.3 Å². The van der Waals surface area contributed by atoms with Crippen molar-refractivity contribution in [2.45, 2.75) is 63.7 Å². The maximum Gasteiger partial charge on any atom is 0.410 e. The molecule has 0 aromatic heterocycles. The lowest BCUT2D eigenvalue weighted by atomic mass is 9.71. The molecule has 2 amide bonds. The second kappa shape index (κ2) is 8.82. The van der Waals surface area contributed by atoms with Crippen LogP contribution < -0.4 is 10.4 Å². The highest BCUT2D eigenvalue weighted by atomic mass is 16.6. The van der Waals surface area contributed by atoms with E-state index in [0.717, 1.165) is 5.56 Å². The van der Waals surface area contributed by atoms with Crippen LogP contribution in [0.25, 0.3) is 0 Å². The molecule has 8 nitrogen and oxygen atoms in total. The number of amides is 2. The molecule has 0 aliphatic carbocycles. The fraction of sp³-hybridized carbons (Fsp3) is 0.571. The summed E-state index contributed by atoms with van der Waals surface area (Å²) in [5.41, 5.74) is -0.923. The molecule has 0 bridgehead atoms. The number of ether oxygens (including phenoxy) is 1. The minimum Gasteiger partial charge on any atom is -0.548 e. The zero-order valence-electron chi connectivity index (χ0n) is 17.3. The average molecular weight is 405 g/mol. The number of likely N-dealkylation sites (tertiary alicyclic amines) is 1. The van der Waals surface area contributed by atoms with Gasteiger partial charge in [0.2, 0.25) is 5.91 Å². The molecule has 1 aliphatic heterocycles. The van der Waals surface area contributed by atoms with E-state index in [1.165, 1.54) is 6.92 Å². The molecule has 0 radical (unpaired) electrons. The topological polar surface area (TPSA) is 119 Å². The zero-order chi connectivity index (χ0) is 21.8. The first-order chi connectivity index (χ1) is 13.5. The fourth-order valence-electron chi connectivity index (χ4n) is 3.46. The summed E-state index contributed by atoms with van der Waals surface area (Å²) in [4.78, 5) is 38.4. The number of nitrogens with one attached hydrogen (secondary N) is 1. The van der Waals surface area contributed by atoms with Crippen LogP contribution in [0.15, 0.2) is 30.3 Å². The lowest BCUT2D eigenvalue weighted by molar-refractivity contribution is -0.310. The van der Waals surface area contributed by atoms with Crippen LogP contribution in [0.2, 0.25) is 0 Å². The minimum absolute atomic E-state index is 0.280. The average Bonchev–Trinajstić information content (AvgIpc) is 2.64. The molecule has 2 N–H and O–H groups in total. The van der Waals surface area contributed by atoms with E-state index >= 15 is 0 Å². The molecular formula is C21H29N2O6-. The second-order valence-corrected chi connectivity index (χ2v) is 8.43. The zero-order valence-corrected chi connectivity index (χ0v) is 17.3. The molecule has 1 heterocycles. The van der Waals surface area contributed by atoms with Crippen molar-refractivity contribution in [1.29, 1.82) is 0 Å². The van der Waals surface area contributed by atoms with Gasteiger partial charge in [-0.05, 0) is 46.1 Å². The number of aliphatic carboxylic acids is 1. The lowest BCUT2D eigenvalue weighted by Gasteiger charge is -2.42. The van der Waals surface area contributed by atoms with Gasteiger partial charge in [0.25, 0.3) is 0 Å². The molecule has 0 unspecified atom stereocenters. The van der Waals surface area contributed by atoms with Gasteiger partial charge in [-0.15, -0.1) is 0 Å². The summed E-state index contributed by atoms with van der Waals surface area (Å²) in [6, 6.07) is 7.51. The Bertz CT molecular complexity index is 733. The summed E-state index contributed by atoms with van der Waals surface area (Å²) in [6.45, 7) is 7.19. The molecule has 1 fully saturated rings. The van der Waals surface area contributed by atoms with Gasteiger partial charge in [0.1, 0.15) is 5.60 Å². The normalized spacial score (nSPS) is 18.4. The fourth-order valence-corrected chi connectivity index (χ4v) is 3.46. The SMILES string of the molecule is C[C@H](O)[C@H](NC(=O)C1(c2ccccc2)CCN(C(=O)OC(C)(C)C)CC1)C(=O)[O-]. The van der Waals surface area contributed by atoms with E-state index in [0.29, 0.717) is 12.8 Å². The third-order valence-corrected chi connectivity index (χ3v) is 5.05. The van der Waals surface area contributed by atoms with Crippen molar-refractivity contribution in [2.24, 2.45) is 0 Å². The number of carbonyl (C=O) groups excluding carboxylic acids is 3. The van der Waals surface area contributed by atoms with Crippen molar-refractivity contribution in [1.82, 2.24) is 10.2 Å². The van der Waals surface area contributed by atoms with E-state index in [2.05, 4.69) is 5.32 Å². The van der Waals surface area contributed by atoms with Crippen LogP contribution >= 0.6 is 0 Å². The van der Waals surface area contributed by atoms with Gasteiger partial charge in [-0.2, -0.15) is 0 Å². The van der Waals surface area contributed by atoms with Crippen LogP contribution in [0.3, 0.4) is 0 Å². The van der Waals surface area contributed by atoms with E-state index < -0.39 is 41.1 Å². The Balaban J connectivity index is 2.25. The summed E-state index contributed by atoms with van der Waals surface area (Å²) in [5, 5.41) is 23.4. The minimum atomic E-state index is -1.55. The van der Waals surface area contributed by atoms with Gasteiger partial charge >= 0.3 is 6.09 Å². The number of rotatable bonds is 5. The van der Waals surface area contributed by atoms with Crippen molar-refractivity contribution in [3.8, 4) is 0 Å². The Labute approximate surface area is 170 Å². The summed E-state index contributed by atoms with van der Waals surface area (Å²) < 4.78 is 5.41. The van der Waals surface area contributed by atoms with Gasteiger partial charge in [0.05, 0.1) is 23.5 Å². The summed E-state index contributed by atoms with van der Waals surface area (Å²) >= 11 is 0. The third-order valence-electron chi connectivity index (χ3n) is 5.05. The van der Waals surface area contributed by atoms with Crippen molar-refractivity contribution in [3.63, 3.8) is 0 Å². The molecule has 2 atom stereocenters. The van der Waals surface area contributed by atoms with Crippen LogP contribution in [-0.2, 0) is 19.7 Å². The molecule has 1 aliphatic rings.